The standard InChI is InChI=1S/C24H25N5O3S/c1-4-32-23(30)21-16(2)25-24(33)29(22(21)18-10-12-19(31-3)13-11-18)15-28-14-20(26-27-28)17-8-6-5-7-9-17/h5-14,22H,4,15H2,1-3H3,(H,25,33). The number of rotatable bonds is 7. The average Bonchev–Trinajstić information content (AvgIpc) is 3.30. The van der Waals surface area contributed by atoms with E-state index in [0.29, 0.717) is 23.1 Å². The van der Waals surface area contributed by atoms with Gasteiger partial charge in [-0.3, -0.25) is 0 Å². The smallest absolute Gasteiger partial charge is 0.338 e. The number of ether oxygens (including phenoxy) is 2. The molecule has 1 atom stereocenters. The van der Waals surface area contributed by atoms with Crippen molar-refractivity contribution in [2.75, 3.05) is 13.7 Å². The molecule has 8 nitrogen and oxygen atoms in total. The molecule has 1 aliphatic rings. The minimum atomic E-state index is -0.465. The zero-order valence-electron chi connectivity index (χ0n) is 18.7. The van der Waals surface area contributed by atoms with Crippen LogP contribution < -0.4 is 10.1 Å². The fraction of sp³-hybridized carbons (Fsp3) is 0.250. The number of hydrogen-bond acceptors (Lipinski definition) is 6. The molecule has 2 aromatic carbocycles. The second-order valence-corrected chi connectivity index (χ2v) is 7.87. The van der Waals surface area contributed by atoms with Crippen LogP contribution in [0.2, 0.25) is 0 Å². The molecule has 33 heavy (non-hydrogen) atoms. The summed E-state index contributed by atoms with van der Waals surface area (Å²) in [7, 11) is 1.62. The fourth-order valence-corrected chi connectivity index (χ4v) is 4.11. The first-order chi connectivity index (χ1) is 16.0. The second-order valence-electron chi connectivity index (χ2n) is 7.49. The molecule has 1 aromatic heterocycles. The van der Waals surface area contributed by atoms with Crippen LogP contribution in [0.5, 0.6) is 5.75 Å². The monoisotopic (exact) mass is 463 g/mol. The summed E-state index contributed by atoms with van der Waals surface area (Å²) in [5.74, 6) is 0.336. The van der Waals surface area contributed by atoms with E-state index in [1.165, 1.54) is 0 Å². The van der Waals surface area contributed by atoms with Crippen molar-refractivity contribution in [2.45, 2.75) is 26.6 Å². The van der Waals surface area contributed by atoms with Gasteiger partial charge in [-0.25, -0.2) is 9.48 Å². The van der Waals surface area contributed by atoms with Gasteiger partial charge in [-0.1, -0.05) is 47.7 Å². The summed E-state index contributed by atoms with van der Waals surface area (Å²) >= 11 is 5.68. The number of benzene rings is 2. The van der Waals surface area contributed by atoms with Gasteiger partial charge >= 0.3 is 5.97 Å². The van der Waals surface area contributed by atoms with Gasteiger partial charge in [-0.15, -0.1) is 5.10 Å². The van der Waals surface area contributed by atoms with E-state index in [1.54, 1.807) is 18.7 Å². The molecule has 0 spiro atoms. The lowest BCUT2D eigenvalue weighted by Crippen LogP contribution is -2.49. The molecular weight excluding hydrogens is 438 g/mol. The van der Waals surface area contributed by atoms with Crippen LogP contribution in [0.25, 0.3) is 11.3 Å². The number of hydrogen-bond donors (Lipinski definition) is 1. The van der Waals surface area contributed by atoms with Crippen LogP contribution in [-0.4, -0.2) is 44.7 Å². The van der Waals surface area contributed by atoms with Gasteiger partial charge in [0.2, 0.25) is 0 Å². The molecule has 2 heterocycles. The maximum absolute atomic E-state index is 13.0. The van der Waals surface area contributed by atoms with E-state index in [4.69, 9.17) is 21.7 Å². The van der Waals surface area contributed by atoms with Gasteiger partial charge in [0.15, 0.2) is 5.11 Å². The highest BCUT2D eigenvalue weighted by atomic mass is 32.1. The number of esters is 1. The number of methoxy groups -OCH3 is 1. The van der Waals surface area contributed by atoms with Gasteiger partial charge in [-0.05, 0) is 43.8 Å². The van der Waals surface area contributed by atoms with Crippen LogP contribution >= 0.6 is 12.2 Å². The summed E-state index contributed by atoms with van der Waals surface area (Å²) in [4.78, 5) is 14.9. The zero-order chi connectivity index (χ0) is 23.4. The van der Waals surface area contributed by atoms with E-state index < -0.39 is 6.04 Å². The number of nitrogens with one attached hydrogen (secondary N) is 1. The predicted octanol–water partition coefficient (Wildman–Crippen LogP) is 3.68. The maximum Gasteiger partial charge on any atom is 0.338 e. The lowest BCUT2D eigenvalue weighted by Gasteiger charge is -2.39. The molecule has 1 N–H and O–H groups in total. The van der Waals surface area contributed by atoms with Crippen LogP contribution in [0.15, 0.2) is 72.1 Å². The molecule has 3 aromatic rings. The molecule has 0 bridgehead atoms. The molecular formula is C24H25N5O3S. The lowest BCUT2D eigenvalue weighted by atomic mass is 9.94. The molecule has 1 aliphatic heterocycles. The first kappa shape index (κ1) is 22.5. The summed E-state index contributed by atoms with van der Waals surface area (Å²) < 4.78 is 12.4. The van der Waals surface area contributed by atoms with Crippen LogP contribution in [0.3, 0.4) is 0 Å². The van der Waals surface area contributed by atoms with Crippen molar-refractivity contribution in [3.05, 3.63) is 77.6 Å². The highest BCUT2D eigenvalue weighted by molar-refractivity contribution is 7.80. The average molecular weight is 464 g/mol. The van der Waals surface area contributed by atoms with E-state index in [-0.39, 0.29) is 12.6 Å². The Morgan fingerprint density at radius 2 is 1.88 bits per heavy atom. The zero-order valence-corrected chi connectivity index (χ0v) is 19.5. The van der Waals surface area contributed by atoms with Crippen molar-refractivity contribution in [2.24, 2.45) is 0 Å². The molecule has 0 saturated carbocycles. The SMILES string of the molecule is CCOC(=O)C1=C(C)NC(=S)N(Cn2cc(-c3ccccc3)nn2)C1c1ccc(OC)cc1. The molecule has 0 aliphatic carbocycles. The highest BCUT2D eigenvalue weighted by Crippen LogP contribution is 2.35. The van der Waals surface area contributed by atoms with Crippen LogP contribution in [0.4, 0.5) is 0 Å². The van der Waals surface area contributed by atoms with Crippen LogP contribution in [0, 0.1) is 0 Å². The number of allylic oxidation sites excluding steroid dienone is 1. The number of nitrogens with zero attached hydrogens (tertiary/aromatic N) is 4. The van der Waals surface area contributed by atoms with Gasteiger partial charge < -0.3 is 19.7 Å². The third-order valence-electron chi connectivity index (χ3n) is 5.38. The first-order valence-electron chi connectivity index (χ1n) is 10.6. The Kier molecular flexibility index (Phi) is 6.69. The molecule has 4 rings (SSSR count). The van der Waals surface area contributed by atoms with Crippen LogP contribution in [0.1, 0.15) is 25.5 Å². The molecule has 0 fully saturated rings. The van der Waals surface area contributed by atoms with E-state index >= 15 is 0 Å². The second kappa shape index (κ2) is 9.83. The minimum Gasteiger partial charge on any atom is -0.497 e. The first-order valence-corrected chi connectivity index (χ1v) is 11.0. The largest absolute Gasteiger partial charge is 0.497 e. The van der Waals surface area contributed by atoms with Crippen LogP contribution in [-0.2, 0) is 16.2 Å². The topological polar surface area (TPSA) is 81.5 Å². The lowest BCUT2D eigenvalue weighted by molar-refractivity contribution is -0.139. The highest BCUT2D eigenvalue weighted by Gasteiger charge is 2.37. The van der Waals surface area contributed by atoms with E-state index in [9.17, 15) is 4.79 Å². The minimum absolute atomic E-state index is 0.277. The van der Waals surface area contributed by atoms with E-state index in [1.807, 2.05) is 72.6 Å². The Balaban J connectivity index is 1.72. The summed E-state index contributed by atoms with van der Waals surface area (Å²) in [6, 6.07) is 16.9. The number of carbonyl (C=O) groups excluding carboxylic acids is 1. The normalized spacial score (nSPS) is 15.9. The Labute approximate surface area is 197 Å². The Morgan fingerprint density at radius 1 is 1.15 bits per heavy atom. The molecule has 9 heteroatoms. The van der Waals surface area contributed by atoms with Crippen molar-refractivity contribution < 1.29 is 14.3 Å². The summed E-state index contributed by atoms with van der Waals surface area (Å²) in [5, 5.41) is 12.2. The van der Waals surface area contributed by atoms with Gasteiger partial charge in [0.1, 0.15) is 18.1 Å². The molecule has 170 valence electrons. The number of carbonyl (C=O) groups is 1. The predicted molar refractivity (Wildman–Crippen MR) is 128 cm³/mol. The molecule has 0 radical (unpaired) electrons. The molecule has 1 unspecified atom stereocenters. The third-order valence-corrected chi connectivity index (χ3v) is 5.71. The van der Waals surface area contributed by atoms with Gasteiger partial charge in [0, 0.05) is 11.3 Å². The molecule has 0 amide bonds. The summed E-state index contributed by atoms with van der Waals surface area (Å²) in [6.07, 6.45) is 1.86. The third kappa shape index (κ3) is 4.73. The number of thiocarbonyl (C=S) groups is 1. The van der Waals surface area contributed by atoms with Crippen molar-refractivity contribution in [3.63, 3.8) is 0 Å². The van der Waals surface area contributed by atoms with Gasteiger partial charge in [0.05, 0.1) is 31.5 Å². The number of aromatic nitrogens is 3. The Hall–Kier alpha value is -3.72. The Bertz CT molecular complexity index is 1170. The van der Waals surface area contributed by atoms with Crippen molar-refractivity contribution in [1.82, 2.24) is 25.2 Å². The van der Waals surface area contributed by atoms with Crippen molar-refractivity contribution in [1.29, 1.82) is 0 Å². The maximum atomic E-state index is 13.0. The Morgan fingerprint density at radius 3 is 2.55 bits per heavy atom. The summed E-state index contributed by atoms with van der Waals surface area (Å²) in [5.41, 5.74) is 3.77. The van der Waals surface area contributed by atoms with Gasteiger partial charge in [-0.2, -0.15) is 0 Å². The van der Waals surface area contributed by atoms with Gasteiger partial charge in [0.25, 0.3) is 0 Å². The molecule has 0 saturated heterocycles. The quantitative estimate of drug-likeness (QED) is 0.420. The van der Waals surface area contributed by atoms with E-state index in [0.717, 1.165) is 22.6 Å². The van der Waals surface area contributed by atoms with Crippen molar-refractivity contribution in [3.8, 4) is 17.0 Å². The van der Waals surface area contributed by atoms with Crippen molar-refractivity contribution >= 4 is 23.3 Å². The summed E-state index contributed by atoms with van der Waals surface area (Å²) in [6.45, 7) is 4.18. The fourth-order valence-electron chi connectivity index (χ4n) is 3.79. The van der Waals surface area contributed by atoms with E-state index in [2.05, 4.69) is 15.6 Å².